The van der Waals surface area contributed by atoms with Gasteiger partial charge in [0.05, 0.1) is 0 Å². The lowest BCUT2D eigenvalue weighted by atomic mass is 10.1. The van der Waals surface area contributed by atoms with Crippen LogP contribution in [-0.4, -0.2) is 5.91 Å². The predicted molar refractivity (Wildman–Crippen MR) is 73.4 cm³/mol. The summed E-state index contributed by atoms with van der Waals surface area (Å²) in [7, 11) is 0. The molecule has 2 aromatic rings. The van der Waals surface area contributed by atoms with E-state index in [2.05, 4.69) is 5.32 Å². The predicted octanol–water partition coefficient (Wildman–Crippen LogP) is 2.85. The second-order valence-electron chi connectivity index (χ2n) is 4.32. The molecule has 0 atom stereocenters. The van der Waals surface area contributed by atoms with Gasteiger partial charge in [0.1, 0.15) is 5.82 Å². The molecule has 2 aromatic carbocycles. The topological polar surface area (TPSA) is 55.1 Å². The van der Waals surface area contributed by atoms with Crippen LogP contribution < -0.4 is 11.1 Å². The highest BCUT2D eigenvalue weighted by Crippen LogP contribution is 2.14. The molecule has 4 heteroatoms. The largest absolute Gasteiger partial charge is 0.326 e. The minimum Gasteiger partial charge on any atom is -0.326 e. The molecule has 0 heterocycles. The molecule has 0 aliphatic carbocycles. The van der Waals surface area contributed by atoms with Crippen LogP contribution in [-0.2, 0) is 6.54 Å². The number of benzene rings is 2. The van der Waals surface area contributed by atoms with Crippen LogP contribution in [0.25, 0.3) is 0 Å². The monoisotopic (exact) mass is 258 g/mol. The average molecular weight is 258 g/mol. The highest BCUT2D eigenvalue weighted by Gasteiger charge is 2.08. The van der Waals surface area contributed by atoms with Crippen molar-refractivity contribution in [2.45, 2.75) is 13.5 Å². The zero-order valence-corrected chi connectivity index (χ0v) is 10.6. The van der Waals surface area contributed by atoms with Crippen molar-refractivity contribution in [2.75, 3.05) is 5.32 Å². The fourth-order valence-electron chi connectivity index (χ4n) is 1.77. The van der Waals surface area contributed by atoms with E-state index in [0.717, 1.165) is 5.56 Å². The summed E-state index contributed by atoms with van der Waals surface area (Å²) in [4.78, 5) is 12.0. The van der Waals surface area contributed by atoms with Gasteiger partial charge in [-0.25, -0.2) is 4.39 Å². The number of carbonyl (C=O) groups excluding carboxylic acids is 1. The maximum atomic E-state index is 13.1. The molecule has 0 aliphatic heterocycles. The van der Waals surface area contributed by atoms with E-state index in [-0.39, 0.29) is 11.7 Å². The van der Waals surface area contributed by atoms with Crippen molar-refractivity contribution >= 4 is 11.6 Å². The zero-order valence-electron chi connectivity index (χ0n) is 10.6. The maximum absolute atomic E-state index is 13.1. The van der Waals surface area contributed by atoms with Crippen molar-refractivity contribution in [1.82, 2.24) is 0 Å². The lowest BCUT2D eigenvalue weighted by Gasteiger charge is -2.07. The molecule has 2 rings (SSSR count). The van der Waals surface area contributed by atoms with Crippen molar-refractivity contribution in [3.8, 4) is 0 Å². The summed E-state index contributed by atoms with van der Waals surface area (Å²) in [6, 6.07) is 11.6. The zero-order chi connectivity index (χ0) is 13.8. The molecule has 0 radical (unpaired) electrons. The third-order valence-electron chi connectivity index (χ3n) is 2.84. The third-order valence-corrected chi connectivity index (χ3v) is 2.84. The van der Waals surface area contributed by atoms with Crippen molar-refractivity contribution in [3.05, 3.63) is 65.0 Å². The summed E-state index contributed by atoms with van der Waals surface area (Å²) in [5, 5.41) is 2.76. The molecule has 19 heavy (non-hydrogen) atoms. The normalized spacial score (nSPS) is 10.3. The number of anilines is 1. The van der Waals surface area contributed by atoms with Gasteiger partial charge < -0.3 is 11.1 Å². The van der Waals surface area contributed by atoms with Gasteiger partial charge in [0.15, 0.2) is 0 Å². The molecule has 3 N–H and O–H groups in total. The van der Waals surface area contributed by atoms with Crippen LogP contribution in [0.5, 0.6) is 0 Å². The van der Waals surface area contributed by atoms with Gasteiger partial charge in [0.2, 0.25) is 0 Å². The average Bonchev–Trinajstić information content (AvgIpc) is 2.42. The molecule has 0 unspecified atom stereocenters. The first-order valence-corrected chi connectivity index (χ1v) is 5.96. The molecule has 0 fully saturated rings. The summed E-state index contributed by atoms with van der Waals surface area (Å²) in [6.45, 7) is 2.04. The van der Waals surface area contributed by atoms with E-state index in [9.17, 15) is 9.18 Å². The van der Waals surface area contributed by atoms with Gasteiger partial charge in [-0.2, -0.15) is 0 Å². The summed E-state index contributed by atoms with van der Waals surface area (Å²) >= 11 is 0. The van der Waals surface area contributed by atoms with Crippen LogP contribution in [0.3, 0.4) is 0 Å². The minimum absolute atomic E-state index is 0.266. The van der Waals surface area contributed by atoms with Crippen LogP contribution in [0.15, 0.2) is 42.5 Å². The fourth-order valence-corrected chi connectivity index (χ4v) is 1.77. The van der Waals surface area contributed by atoms with Crippen LogP contribution >= 0.6 is 0 Å². The Balaban J connectivity index is 2.18. The first-order valence-electron chi connectivity index (χ1n) is 5.96. The third kappa shape index (κ3) is 3.17. The van der Waals surface area contributed by atoms with Crippen LogP contribution in [0, 0.1) is 12.7 Å². The highest BCUT2D eigenvalue weighted by atomic mass is 19.1. The molecule has 0 aliphatic rings. The fraction of sp³-hybridized carbons (Fsp3) is 0.133. The van der Waals surface area contributed by atoms with Gasteiger partial charge in [-0.15, -0.1) is 0 Å². The summed E-state index contributed by atoms with van der Waals surface area (Å²) in [6.07, 6.45) is 0. The molecule has 98 valence electrons. The number of nitrogens with one attached hydrogen (secondary N) is 1. The van der Waals surface area contributed by atoms with Gasteiger partial charge in [0, 0.05) is 17.8 Å². The molecule has 1 amide bonds. The lowest BCUT2D eigenvalue weighted by Crippen LogP contribution is -2.12. The molecule has 0 saturated carbocycles. The van der Waals surface area contributed by atoms with E-state index in [0.29, 0.717) is 23.4 Å². The van der Waals surface area contributed by atoms with Crippen LogP contribution in [0.4, 0.5) is 10.1 Å². The maximum Gasteiger partial charge on any atom is 0.255 e. The Hall–Kier alpha value is -2.20. The van der Waals surface area contributed by atoms with Crippen molar-refractivity contribution in [2.24, 2.45) is 5.73 Å². The number of carbonyl (C=O) groups is 1. The van der Waals surface area contributed by atoms with Gasteiger partial charge in [-0.1, -0.05) is 12.1 Å². The standard InChI is InChI=1S/C15H15FN2O/c1-10-7-12(5-6-14(10)16)15(19)18-13-4-2-3-11(8-13)9-17/h2-8H,9,17H2,1H3,(H,18,19). The van der Waals surface area contributed by atoms with E-state index in [1.54, 1.807) is 13.0 Å². The molecular formula is C15H15FN2O. The smallest absolute Gasteiger partial charge is 0.255 e. The molecule has 0 aromatic heterocycles. The van der Waals surface area contributed by atoms with Gasteiger partial charge in [0.25, 0.3) is 5.91 Å². The molecule has 0 spiro atoms. The van der Waals surface area contributed by atoms with E-state index >= 15 is 0 Å². The second-order valence-corrected chi connectivity index (χ2v) is 4.32. The van der Waals surface area contributed by atoms with Gasteiger partial charge in [-0.05, 0) is 48.4 Å². The van der Waals surface area contributed by atoms with E-state index in [4.69, 9.17) is 5.73 Å². The first kappa shape index (κ1) is 13.2. The highest BCUT2D eigenvalue weighted by molar-refractivity contribution is 6.04. The summed E-state index contributed by atoms with van der Waals surface area (Å²) < 4.78 is 13.1. The second kappa shape index (κ2) is 5.63. The minimum atomic E-state index is -0.318. The summed E-state index contributed by atoms with van der Waals surface area (Å²) in [5.41, 5.74) is 8.03. The van der Waals surface area contributed by atoms with Crippen LogP contribution in [0.1, 0.15) is 21.5 Å². The number of aryl methyl sites for hydroxylation is 1. The molecule has 0 bridgehead atoms. The Morgan fingerprint density at radius 2 is 2.05 bits per heavy atom. The Kier molecular flexibility index (Phi) is 3.92. The van der Waals surface area contributed by atoms with E-state index in [1.165, 1.54) is 18.2 Å². The van der Waals surface area contributed by atoms with Crippen molar-refractivity contribution < 1.29 is 9.18 Å². The quantitative estimate of drug-likeness (QED) is 0.889. The first-order chi connectivity index (χ1) is 9.10. The molecular weight excluding hydrogens is 243 g/mol. The van der Waals surface area contributed by atoms with E-state index < -0.39 is 0 Å². The number of halogens is 1. The van der Waals surface area contributed by atoms with Crippen LogP contribution in [0.2, 0.25) is 0 Å². The SMILES string of the molecule is Cc1cc(C(=O)Nc2cccc(CN)c2)ccc1F. The van der Waals surface area contributed by atoms with Crippen molar-refractivity contribution in [1.29, 1.82) is 0 Å². The Morgan fingerprint density at radius 3 is 2.74 bits per heavy atom. The van der Waals surface area contributed by atoms with E-state index in [1.807, 2.05) is 18.2 Å². The van der Waals surface area contributed by atoms with Gasteiger partial charge >= 0.3 is 0 Å². The number of amides is 1. The number of hydrogen-bond acceptors (Lipinski definition) is 2. The Bertz CT molecular complexity index is 611. The number of nitrogens with two attached hydrogens (primary N) is 1. The molecule has 0 saturated heterocycles. The Labute approximate surface area is 111 Å². The lowest BCUT2D eigenvalue weighted by molar-refractivity contribution is 0.102. The van der Waals surface area contributed by atoms with Gasteiger partial charge in [-0.3, -0.25) is 4.79 Å². The van der Waals surface area contributed by atoms with Crippen molar-refractivity contribution in [3.63, 3.8) is 0 Å². The number of rotatable bonds is 3. The summed E-state index contributed by atoms with van der Waals surface area (Å²) in [5.74, 6) is -0.584. The molecule has 3 nitrogen and oxygen atoms in total. The Morgan fingerprint density at radius 1 is 1.26 bits per heavy atom. The number of hydrogen-bond donors (Lipinski definition) is 2.